The Morgan fingerprint density at radius 1 is 1.39 bits per heavy atom. The molecule has 0 radical (unpaired) electrons. The van der Waals surface area contributed by atoms with E-state index in [1.165, 1.54) is 6.42 Å². The molecule has 0 aromatic carbocycles. The predicted molar refractivity (Wildman–Crippen MR) is 71.9 cm³/mol. The van der Waals surface area contributed by atoms with Gasteiger partial charge < -0.3 is 19.7 Å². The van der Waals surface area contributed by atoms with Crippen LogP contribution in [0.25, 0.3) is 0 Å². The number of rotatable bonds is 4. The minimum absolute atomic E-state index is 0.352. The van der Waals surface area contributed by atoms with Crippen LogP contribution in [-0.2, 0) is 9.47 Å². The van der Waals surface area contributed by atoms with Gasteiger partial charge in [0, 0.05) is 46.3 Å². The summed E-state index contributed by atoms with van der Waals surface area (Å²) in [6, 6.07) is 0. The smallest absolute Gasteiger partial charge is 0.193 e. The topological polar surface area (TPSA) is 46.1 Å². The van der Waals surface area contributed by atoms with E-state index in [0.717, 1.165) is 51.7 Å². The van der Waals surface area contributed by atoms with Crippen molar-refractivity contribution in [1.82, 2.24) is 10.2 Å². The molecule has 0 saturated carbocycles. The summed E-state index contributed by atoms with van der Waals surface area (Å²) < 4.78 is 11.0. The van der Waals surface area contributed by atoms with Crippen LogP contribution < -0.4 is 5.32 Å². The van der Waals surface area contributed by atoms with Crippen LogP contribution in [0, 0.1) is 5.92 Å². The van der Waals surface area contributed by atoms with Crippen molar-refractivity contribution in [3.05, 3.63) is 0 Å². The SMILES string of the molecule is CN=C(NCC1CCCO1)N(C)CC1CCOC1. The maximum absolute atomic E-state index is 5.60. The molecular formula is C13H25N3O2. The first kappa shape index (κ1) is 13.6. The van der Waals surface area contributed by atoms with Gasteiger partial charge in [-0.15, -0.1) is 0 Å². The molecule has 0 spiro atoms. The summed E-state index contributed by atoms with van der Waals surface area (Å²) in [5.41, 5.74) is 0. The second-order valence-corrected chi connectivity index (χ2v) is 5.17. The Morgan fingerprint density at radius 2 is 2.28 bits per heavy atom. The third-order valence-electron chi connectivity index (χ3n) is 3.64. The van der Waals surface area contributed by atoms with Gasteiger partial charge in [-0.1, -0.05) is 0 Å². The van der Waals surface area contributed by atoms with Crippen molar-refractivity contribution < 1.29 is 9.47 Å². The molecule has 2 heterocycles. The zero-order chi connectivity index (χ0) is 12.8. The van der Waals surface area contributed by atoms with E-state index in [1.807, 2.05) is 7.05 Å². The Labute approximate surface area is 110 Å². The van der Waals surface area contributed by atoms with Crippen molar-refractivity contribution in [2.45, 2.75) is 25.4 Å². The lowest BCUT2D eigenvalue weighted by molar-refractivity contribution is 0.113. The molecule has 2 aliphatic heterocycles. The number of ether oxygens (including phenoxy) is 2. The molecule has 0 aromatic heterocycles. The van der Waals surface area contributed by atoms with Crippen LogP contribution in [0.3, 0.4) is 0 Å². The first-order valence-electron chi connectivity index (χ1n) is 6.90. The summed E-state index contributed by atoms with van der Waals surface area (Å²) in [7, 11) is 3.92. The van der Waals surface area contributed by atoms with E-state index in [0.29, 0.717) is 12.0 Å². The largest absolute Gasteiger partial charge is 0.381 e. The highest BCUT2D eigenvalue weighted by Crippen LogP contribution is 2.13. The molecule has 2 unspecified atom stereocenters. The van der Waals surface area contributed by atoms with E-state index < -0.39 is 0 Å². The zero-order valence-electron chi connectivity index (χ0n) is 11.5. The molecule has 0 bridgehead atoms. The third kappa shape index (κ3) is 3.85. The summed E-state index contributed by atoms with van der Waals surface area (Å²) in [4.78, 5) is 6.51. The minimum atomic E-state index is 0.352. The van der Waals surface area contributed by atoms with E-state index in [9.17, 15) is 0 Å². The van der Waals surface area contributed by atoms with Gasteiger partial charge in [-0.25, -0.2) is 0 Å². The van der Waals surface area contributed by atoms with Crippen molar-refractivity contribution in [3.63, 3.8) is 0 Å². The monoisotopic (exact) mass is 255 g/mol. The van der Waals surface area contributed by atoms with Gasteiger partial charge in [-0.2, -0.15) is 0 Å². The summed E-state index contributed by atoms with van der Waals surface area (Å²) in [6.45, 7) is 4.55. The highest BCUT2D eigenvalue weighted by atomic mass is 16.5. The quantitative estimate of drug-likeness (QED) is 0.593. The van der Waals surface area contributed by atoms with Crippen molar-refractivity contribution in [2.75, 3.05) is 47.0 Å². The molecule has 2 fully saturated rings. The molecule has 2 aliphatic rings. The molecule has 2 saturated heterocycles. The fourth-order valence-electron chi connectivity index (χ4n) is 2.60. The molecule has 0 aliphatic carbocycles. The van der Waals surface area contributed by atoms with Crippen LogP contribution in [0.5, 0.6) is 0 Å². The van der Waals surface area contributed by atoms with E-state index in [1.54, 1.807) is 0 Å². The van der Waals surface area contributed by atoms with Crippen molar-refractivity contribution in [2.24, 2.45) is 10.9 Å². The third-order valence-corrected chi connectivity index (χ3v) is 3.64. The number of hydrogen-bond acceptors (Lipinski definition) is 3. The lowest BCUT2D eigenvalue weighted by atomic mass is 10.1. The van der Waals surface area contributed by atoms with Crippen LogP contribution in [0.1, 0.15) is 19.3 Å². The molecule has 0 amide bonds. The Morgan fingerprint density at radius 3 is 2.89 bits per heavy atom. The highest BCUT2D eigenvalue weighted by Gasteiger charge is 2.20. The molecule has 1 N–H and O–H groups in total. The maximum atomic E-state index is 5.60. The molecule has 2 atom stereocenters. The number of hydrogen-bond donors (Lipinski definition) is 1. The summed E-state index contributed by atoms with van der Waals surface area (Å²) in [5.74, 6) is 1.59. The molecule has 5 heteroatoms. The molecule has 104 valence electrons. The summed E-state index contributed by atoms with van der Waals surface area (Å²) in [5, 5.41) is 3.40. The first-order valence-corrected chi connectivity index (χ1v) is 6.90. The molecular weight excluding hydrogens is 230 g/mol. The van der Waals surface area contributed by atoms with Crippen molar-refractivity contribution in [1.29, 1.82) is 0 Å². The van der Waals surface area contributed by atoms with E-state index >= 15 is 0 Å². The van der Waals surface area contributed by atoms with Crippen molar-refractivity contribution in [3.8, 4) is 0 Å². The van der Waals surface area contributed by atoms with Gasteiger partial charge in [0.05, 0.1) is 12.7 Å². The average Bonchev–Trinajstić information content (AvgIpc) is 3.02. The normalized spacial score (nSPS) is 28.7. The second-order valence-electron chi connectivity index (χ2n) is 5.17. The lowest BCUT2D eigenvalue weighted by Gasteiger charge is -2.25. The summed E-state index contributed by atoms with van der Waals surface area (Å²) >= 11 is 0. The van der Waals surface area contributed by atoms with Crippen molar-refractivity contribution >= 4 is 5.96 Å². The Hall–Kier alpha value is -0.810. The highest BCUT2D eigenvalue weighted by molar-refractivity contribution is 5.79. The van der Waals surface area contributed by atoms with Gasteiger partial charge in [-0.05, 0) is 19.3 Å². The van der Waals surface area contributed by atoms with Gasteiger partial charge >= 0.3 is 0 Å². The number of nitrogens with zero attached hydrogens (tertiary/aromatic N) is 2. The standard InChI is InChI=1S/C13H25N3O2/c1-14-13(15-8-12-4-3-6-18-12)16(2)9-11-5-7-17-10-11/h11-12H,3-10H2,1-2H3,(H,14,15). The Balaban J connectivity index is 1.72. The van der Waals surface area contributed by atoms with Gasteiger partial charge in [0.15, 0.2) is 5.96 Å². The molecule has 2 rings (SSSR count). The number of nitrogens with one attached hydrogen (secondary N) is 1. The molecule has 0 aromatic rings. The number of guanidine groups is 1. The fourth-order valence-corrected chi connectivity index (χ4v) is 2.60. The van der Waals surface area contributed by atoms with Gasteiger partial charge in [0.25, 0.3) is 0 Å². The minimum Gasteiger partial charge on any atom is -0.381 e. The van der Waals surface area contributed by atoms with Crippen LogP contribution in [0.2, 0.25) is 0 Å². The van der Waals surface area contributed by atoms with Crippen LogP contribution in [0.15, 0.2) is 4.99 Å². The van der Waals surface area contributed by atoms with Gasteiger partial charge in [-0.3, -0.25) is 4.99 Å². The van der Waals surface area contributed by atoms with E-state index in [-0.39, 0.29) is 0 Å². The Bertz CT molecular complexity index is 271. The van der Waals surface area contributed by atoms with E-state index in [2.05, 4.69) is 22.3 Å². The van der Waals surface area contributed by atoms with Crippen LogP contribution in [-0.4, -0.2) is 64.0 Å². The average molecular weight is 255 g/mol. The van der Waals surface area contributed by atoms with Gasteiger partial charge in [0.1, 0.15) is 0 Å². The Kier molecular flexibility index (Phi) is 5.26. The van der Waals surface area contributed by atoms with Crippen LogP contribution in [0.4, 0.5) is 0 Å². The second kappa shape index (κ2) is 6.95. The van der Waals surface area contributed by atoms with Gasteiger partial charge in [0.2, 0.25) is 0 Å². The predicted octanol–water partition coefficient (Wildman–Crippen LogP) is 0.709. The van der Waals surface area contributed by atoms with Crippen LogP contribution >= 0.6 is 0 Å². The van der Waals surface area contributed by atoms with E-state index in [4.69, 9.17) is 9.47 Å². The lowest BCUT2D eigenvalue weighted by Crippen LogP contribution is -2.44. The summed E-state index contributed by atoms with van der Waals surface area (Å²) in [6.07, 6.45) is 3.85. The number of aliphatic imine (C=N–C) groups is 1. The maximum Gasteiger partial charge on any atom is 0.193 e. The molecule has 18 heavy (non-hydrogen) atoms. The zero-order valence-corrected chi connectivity index (χ0v) is 11.5. The first-order chi connectivity index (χ1) is 8.79. The molecule has 5 nitrogen and oxygen atoms in total. The fraction of sp³-hybridized carbons (Fsp3) is 0.923.